The molecule has 0 radical (unpaired) electrons. The molecule has 0 aliphatic rings. The lowest BCUT2D eigenvalue weighted by Crippen LogP contribution is -2.25. The summed E-state index contributed by atoms with van der Waals surface area (Å²) in [4.78, 5) is 4.04. The van der Waals surface area contributed by atoms with Gasteiger partial charge < -0.3 is 5.32 Å². The Kier molecular flexibility index (Phi) is 5.47. The van der Waals surface area contributed by atoms with Crippen molar-refractivity contribution in [2.75, 3.05) is 18.6 Å². The molecule has 0 aliphatic carbocycles. The summed E-state index contributed by atoms with van der Waals surface area (Å²) in [5.41, 5.74) is 2.28. The number of hydrogen-bond acceptors (Lipinski definition) is 4. The van der Waals surface area contributed by atoms with Gasteiger partial charge in [0, 0.05) is 18.6 Å². The monoisotopic (exact) mass is 304 g/mol. The fraction of sp³-hybridized carbons (Fsp3) is 0.312. The number of pyridine rings is 1. The minimum absolute atomic E-state index is 0.0498. The van der Waals surface area contributed by atoms with Gasteiger partial charge in [-0.3, -0.25) is 4.98 Å². The number of hydrogen-bond donors (Lipinski definition) is 1. The third kappa shape index (κ3) is 5.28. The molecule has 0 fully saturated rings. The largest absolute Gasteiger partial charge is 0.306 e. The second-order valence-corrected chi connectivity index (χ2v) is 7.32. The van der Waals surface area contributed by atoms with Crippen LogP contribution in [0.4, 0.5) is 0 Å². The van der Waals surface area contributed by atoms with Crippen molar-refractivity contribution in [1.82, 2.24) is 10.3 Å². The highest BCUT2D eigenvalue weighted by atomic mass is 32.2. The van der Waals surface area contributed by atoms with Crippen molar-refractivity contribution < 1.29 is 8.42 Å². The summed E-state index contributed by atoms with van der Waals surface area (Å²) in [6, 6.07) is 14.1. The van der Waals surface area contributed by atoms with E-state index in [9.17, 15) is 8.42 Å². The molecular weight excluding hydrogens is 284 g/mol. The first kappa shape index (κ1) is 15.7. The predicted molar refractivity (Wildman–Crippen MR) is 84.9 cm³/mol. The highest BCUT2D eigenvalue weighted by Crippen LogP contribution is 2.21. The average Bonchev–Trinajstić information content (AvgIpc) is 2.48. The molecule has 1 unspecified atom stereocenters. The number of nitrogens with one attached hydrogen (secondary N) is 1. The zero-order valence-electron chi connectivity index (χ0n) is 12.1. The van der Waals surface area contributed by atoms with Gasteiger partial charge in [-0.25, -0.2) is 8.42 Å². The number of aromatic nitrogens is 1. The Labute approximate surface area is 126 Å². The highest BCUT2D eigenvalue weighted by molar-refractivity contribution is 7.90. The lowest BCUT2D eigenvalue weighted by molar-refractivity contribution is 0.579. The lowest BCUT2D eigenvalue weighted by Gasteiger charge is -2.19. The molecule has 2 rings (SSSR count). The summed E-state index contributed by atoms with van der Waals surface area (Å²) in [6.07, 6.45) is 5.41. The Morgan fingerprint density at radius 2 is 1.67 bits per heavy atom. The third-order valence-corrected chi connectivity index (χ3v) is 4.24. The molecule has 2 aromatic rings. The summed E-state index contributed by atoms with van der Waals surface area (Å²) in [5, 5.41) is 3.43. The number of benzene rings is 1. The van der Waals surface area contributed by atoms with Gasteiger partial charge in [-0.2, -0.15) is 0 Å². The molecule has 1 aromatic heterocycles. The van der Waals surface area contributed by atoms with Gasteiger partial charge >= 0.3 is 0 Å². The molecule has 5 heteroatoms. The second-order valence-electron chi connectivity index (χ2n) is 5.06. The van der Waals surface area contributed by atoms with E-state index in [0.717, 1.165) is 11.1 Å². The van der Waals surface area contributed by atoms with E-state index in [1.54, 1.807) is 12.4 Å². The zero-order chi connectivity index (χ0) is 15.1. The zero-order valence-corrected chi connectivity index (χ0v) is 12.9. The van der Waals surface area contributed by atoms with Crippen molar-refractivity contribution in [3.63, 3.8) is 0 Å². The van der Waals surface area contributed by atoms with Crippen LogP contribution in [0.3, 0.4) is 0 Å². The minimum atomic E-state index is -2.90. The molecule has 1 atom stereocenters. The molecule has 1 N–H and O–H groups in total. The fourth-order valence-corrected chi connectivity index (χ4v) is 2.88. The first-order valence-corrected chi connectivity index (χ1v) is 8.98. The summed E-state index contributed by atoms with van der Waals surface area (Å²) < 4.78 is 22.4. The van der Waals surface area contributed by atoms with Crippen LogP contribution in [-0.2, 0) is 9.84 Å². The van der Waals surface area contributed by atoms with E-state index in [1.165, 1.54) is 6.26 Å². The molecule has 1 aromatic carbocycles. The van der Waals surface area contributed by atoms with E-state index < -0.39 is 9.84 Å². The summed E-state index contributed by atoms with van der Waals surface area (Å²) >= 11 is 0. The number of nitrogens with zero attached hydrogens (tertiary/aromatic N) is 1. The standard InChI is InChI=1S/C16H20N2O2S/c1-21(19,20)13-5-10-18-16(14-6-3-2-4-7-14)15-8-11-17-12-9-15/h2-4,6-9,11-12,16,18H,5,10,13H2,1H3. The van der Waals surface area contributed by atoms with Crippen molar-refractivity contribution in [2.45, 2.75) is 12.5 Å². The smallest absolute Gasteiger partial charge is 0.147 e. The average molecular weight is 304 g/mol. The maximum Gasteiger partial charge on any atom is 0.147 e. The van der Waals surface area contributed by atoms with Crippen LogP contribution in [0.1, 0.15) is 23.6 Å². The normalized spacial score (nSPS) is 13.0. The first-order valence-electron chi connectivity index (χ1n) is 6.92. The van der Waals surface area contributed by atoms with Crippen LogP contribution in [0, 0.1) is 0 Å². The van der Waals surface area contributed by atoms with Gasteiger partial charge in [0.15, 0.2) is 0 Å². The molecule has 21 heavy (non-hydrogen) atoms. The van der Waals surface area contributed by atoms with Crippen molar-refractivity contribution in [1.29, 1.82) is 0 Å². The summed E-state index contributed by atoms with van der Waals surface area (Å²) in [7, 11) is -2.90. The molecule has 0 saturated heterocycles. The van der Waals surface area contributed by atoms with Crippen molar-refractivity contribution in [3.8, 4) is 0 Å². The van der Waals surface area contributed by atoms with Gasteiger partial charge in [0.05, 0.1) is 11.8 Å². The van der Waals surface area contributed by atoms with Crippen LogP contribution in [0.2, 0.25) is 0 Å². The van der Waals surface area contributed by atoms with E-state index >= 15 is 0 Å². The Hall–Kier alpha value is -1.72. The van der Waals surface area contributed by atoms with Crippen molar-refractivity contribution in [3.05, 3.63) is 66.0 Å². The van der Waals surface area contributed by atoms with Gasteiger partial charge in [0.2, 0.25) is 0 Å². The Balaban J connectivity index is 2.07. The van der Waals surface area contributed by atoms with Crippen LogP contribution in [0.5, 0.6) is 0 Å². The summed E-state index contributed by atoms with van der Waals surface area (Å²) in [5.74, 6) is 0.206. The van der Waals surface area contributed by atoms with Crippen LogP contribution in [-0.4, -0.2) is 32.0 Å². The first-order chi connectivity index (χ1) is 10.1. The Bertz CT molecular complexity index is 603. The van der Waals surface area contributed by atoms with Gasteiger partial charge in [-0.1, -0.05) is 30.3 Å². The van der Waals surface area contributed by atoms with Gasteiger partial charge in [-0.05, 0) is 36.2 Å². The predicted octanol–water partition coefficient (Wildman–Crippen LogP) is 2.20. The Morgan fingerprint density at radius 3 is 2.29 bits per heavy atom. The maximum atomic E-state index is 11.2. The minimum Gasteiger partial charge on any atom is -0.306 e. The molecule has 0 amide bonds. The molecular formula is C16H20N2O2S. The van der Waals surface area contributed by atoms with Crippen molar-refractivity contribution in [2.24, 2.45) is 0 Å². The molecule has 0 spiro atoms. The molecule has 0 aliphatic heterocycles. The second kappa shape index (κ2) is 7.33. The topological polar surface area (TPSA) is 59.1 Å². The van der Waals surface area contributed by atoms with E-state index in [1.807, 2.05) is 30.3 Å². The fourth-order valence-electron chi connectivity index (χ4n) is 2.21. The van der Waals surface area contributed by atoms with Crippen LogP contribution in [0.25, 0.3) is 0 Å². The number of rotatable bonds is 7. The molecule has 0 saturated carbocycles. The maximum absolute atomic E-state index is 11.2. The molecule has 112 valence electrons. The van der Waals surface area contributed by atoms with E-state index in [2.05, 4.69) is 22.4 Å². The van der Waals surface area contributed by atoms with Gasteiger partial charge in [-0.15, -0.1) is 0 Å². The quantitative estimate of drug-likeness (QED) is 0.797. The number of sulfone groups is 1. The van der Waals surface area contributed by atoms with Crippen LogP contribution in [0.15, 0.2) is 54.9 Å². The van der Waals surface area contributed by atoms with Crippen molar-refractivity contribution >= 4 is 9.84 Å². The Morgan fingerprint density at radius 1 is 1.05 bits per heavy atom. The van der Waals surface area contributed by atoms with Crippen LogP contribution < -0.4 is 5.32 Å². The summed E-state index contributed by atoms with van der Waals surface area (Å²) in [6.45, 7) is 0.648. The SMILES string of the molecule is CS(=O)(=O)CCCNC(c1ccccc1)c1ccncc1. The highest BCUT2D eigenvalue weighted by Gasteiger charge is 2.13. The molecule has 0 bridgehead atoms. The molecule has 4 nitrogen and oxygen atoms in total. The third-order valence-electron chi connectivity index (χ3n) is 3.21. The lowest BCUT2D eigenvalue weighted by atomic mass is 10.00. The van der Waals surface area contributed by atoms with E-state index in [0.29, 0.717) is 13.0 Å². The van der Waals surface area contributed by atoms with E-state index in [4.69, 9.17) is 0 Å². The van der Waals surface area contributed by atoms with E-state index in [-0.39, 0.29) is 11.8 Å². The van der Waals surface area contributed by atoms with Crippen LogP contribution >= 0.6 is 0 Å². The van der Waals surface area contributed by atoms with Gasteiger partial charge in [0.1, 0.15) is 9.84 Å². The van der Waals surface area contributed by atoms with Gasteiger partial charge in [0.25, 0.3) is 0 Å². The molecule has 1 heterocycles.